The number of nitrogens with one attached hydrogen (secondary N) is 1. The normalized spacial score (nSPS) is 10.3. The van der Waals surface area contributed by atoms with E-state index in [4.69, 9.17) is 9.15 Å². The van der Waals surface area contributed by atoms with Gasteiger partial charge in [0.1, 0.15) is 11.5 Å². The molecular weight excluding hydrogens is 248 g/mol. The lowest BCUT2D eigenvalue weighted by molar-refractivity contribution is 0.110. The maximum Gasteiger partial charge on any atom is 0.361 e. The Hall–Kier alpha value is -2.96. The van der Waals surface area contributed by atoms with E-state index >= 15 is 0 Å². The molecule has 3 aromatic rings. The summed E-state index contributed by atoms with van der Waals surface area (Å²) in [4.78, 5) is 10.5. The summed E-state index contributed by atoms with van der Waals surface area (Å²) in [5.74, 6) is 1.49. The number of tetrazole rings is 1. The molecule has 2 aromatic heterocycles. The van der Waals surface area contributed by atoms with Gasteiger partial charge in [0, 0.05) is 5.56 Å². The van der Waals surface area contributed by atoms with Gasteiger partial charge in [-0.1, -0.05) is 10.2 Å². The van der Waals surface area contributed by atoms with Gasteiger partial charge in [-0.15, -0.1) is 0 Å². The van der Waals surface area contributed by atoms with Crippen molar-refractivity contribution in [1.82, 2.24) is 20.6 Å². The van der Waals surface area contributed by atoms with E-state index in [0.29, 0.717) is 23.6 Å². The van der Waals surface area contributed by atoms with Crippen molar-refractivity contribution >= 4 is 6.29 Å². The van der Waals surface area contributed by atoms with Gasteiger partial charge in [0.05, 0.1) is 0 Å². The van der Waals surface area contributed by atoms with Crippen LogP contribution in [0.25, 0.3) is 11.3 Å². The van der Waals surface area contributed by atoms with Crippen molar-refractivity contribution in [3.05, 3.63) is 42.2 Å². The van der Waals surface area contributed by atoms with Gasteiger partial charge in [-0.2, -0.15) is 5.21 Å². The van der Waals surface area contributed by atoms with Gasteiger partial charge in [-0.3, -0.25) is 4.79 Å². The summed E-state index contributed by atoms with van der Waals surface area (Å²) in [5, 5.41) is 13.0. The van der Waals surface area contributed by atoms with Gasteiger partial charge < -0.3 is 9.15 Å². The van der Waals surface area contributed by atoms with E-state index in [2.05, 4.69) is 20.6 Å². The predicted molar refractivity (Wildman–Crippen MR) is 63.8 cm³/mol. The predicted octanol–water partition coefficient (Wildman–Crippen LogP) is 2.06. The Balaban J connectivity index is 1.80. The van der Waals surface area contributed by atoms with Crippen LogP contribution in [0.4, 0.5) is 0 Å². The van der Waals surface area contributed by atoms with Crippen LogP contribution in [0.5, 0.6) is 11.8 Å². The Bertz CT molecular complexity index is 673. The zero-order chi connectivity index (χ0) is 13.1. The first kappa shape index (κ1) is 11.1. The molecule has 0 unspecified atom stereocenters. The Kier molecular flexibility index (Phi) is 2.77. The van der Waals surface area contributed by atoms with Crippen LogP contribution in [0.15, 0.2) is 40.8 Å². The number of H-pyrrole nitrogens is 1. The first-order valence-corrected chi connectivity index (χ1v) is 5.42. The summed E-state index contributed by atoms with van der Waals surface area (Å²) in [6, 6.07) is 10.6. The molecule has 0 bridgehead atoms. The van der Waals surface area contributed by atoms with Crippen molar-refractivity contribution in [3.8, 4) is 23.1 Å². The standard InChI is InChI=1S/C12H8N4O3/c17-7-10-5-6-11(18-10)8-1-3-9(4-2-8)19-12-13-15-16-14-12/h1-7H,(H,13,14,15,16). The Morgan fingerprint density at radius 3 is 2.63 bits per heavy atom. The molecule has 2 heterocycles. The van der Waals surface area contributed by atoms with Crippen LogP contribution < -0.4 is 4.74 Å². The van der Waals surface area contributed by atoms with E-state index in [-0.39, 0.29) is 6.01 Å². The molecule has 19 heavy (non-hydrogen) atoms. The fourth-order valence-electron chi connectivity index (χ4n) is 1.56. The molecule has 0 atom stereocenters. The monoisotopic (exact) mass is 256 g/mol. The molecule has 0 fully saturated rings. The number of aromatic amines is 1. The van der Waals surface area contributed by atoms with Crippen molar-refractivity contribution in [3.63, 3.8) is 0 Å². The Morgan fingerprint density at radius 2 is 2.00 bits per heavy atom. The maximum atomic E-state index is 10.5. The molecule has 0 saturated carbocycles. The molecule has 1 aromatic carbocycles. The number of rotatable bonds is 4. The zero-order valence-electron chi connectivity index (χ0n) is 9.61. The van der Waals surface area contributed by atoms with Crippen molar-refractivity contribution in [2.75, 3.05) is 0 Å². The molecule has 0 saturated heterocycles. The largest absolute Gasteiger partial charge is 0.453 e. The summed E-state index contributed by atoms with van der Waals surface area (Å²) in [6.45, 7) is 0. The SMILES string of the molecule is O=Cc1ccc(-c2ccc(Oc3nn[nH]n3)cc2)o1. The Labute approximate surface area is 107 Å². The number of hydrogen-bond acceptors (Lipinski definition) is 6. The number of aldehydes is 1. The maximum absolute atomic E-state index is 10.5. The van der Waals surface area contributed by atoms with Crippen molar-refractivity contribution in [2.24, 2.45) is 0 Å². The third kappa shape index (κ3) is 2.34. The molecule has 7 nitrogen and oxygen atoms in total. The van der Waals surface area contributed by atoms with Crippen LogP contribution in [0.3, 0.4) is 0 Å². The van der Waals surface area contributed by atoms with Crippen molar-refractivity contribution < 1.29 is 13.9 Å². The molecule has 0 amide bonds. The van der Waals surface area contributed by atoms with Gasteiger partial charge in [0.15, 0.2) is 12.0 Å². The lowest BCUT2D eigenvalue weighted by Gasteiger charge is -2.01. The minimum atomic E-state index is 0.147. The number of ether oxygens (including phenoxy) is 1. The average Bonchev–Trinajstić information content (AvgIpc) is 3.10. The first-order valence-electron chi connectivity index (χ1n) is 5.42. The number of aromatic nitrogens is 4. The molecule has 0 aliphatic carbocycles. The van der Waals surface area contributed by atoms with Crippen LogP contribution in [-0.4, -0.2) is 26.9 Å². The van der Waals surface area contributed by atoms with Crippen LogP contribution in [0.1, 0.15) is 10.6 Å². The minimum Gasteiger partial charge on any atom is -0.453 e. The number of hydrogen-bond donors (Lipinski definition) is 1. The zero-order valence-corrected chi connectivity index (χ0v) is 9.61. The summed E-state index contributed by atoms with van der Waals surface area (Å²) in [5.41, 5.74) is 0.841. The number of furan rings is 1. The molecule has 94 valence electrons. The van der Waals surface area contributed by atoms with Crippen LogP contribution in [-0.2, 0) is 0 Å². The highest BCUT2D eigenvalue weighted by molar-refractivity contribution is 5.72. The van der Waals surface area contributed by atoms with Crippen LogP contribution in [0, 0.1) is 0 Å². The first-order chi connectivity index (χ1) is 9.35. The molecule has 0 spiro atoms. The molecular formula is C12H8N4O3. The number of carbonyl (C=O) groups excluding carboxylic acids is 1. The molecule has 0 radical (unpaired) electrons. The highest BCUT2D eigenvalue weighted by Crippen LogP contribution is 2.25. The average molecular weight is 256 g/mol. The van der Waals surface area contributed by atoms with E-state index in [0.717, 1.165) is 5.56 Å². The number of benzene rings is 1. The lowest BCUT2D eigenvalue weighted by atomic mass is 10.2. The topological polar surface area (TPSA) is 93.9 Å². The second-order valence-electron chi connectivity index (χ2n) is 3.64. The van der Waals surface area contributed by atoms with Gasteiger partial charge >= 0.3 is 6.01 Å². The Morgan fingerprint density at radius 1 is 1.16 bits per heavy atom. The fraction of sp³-hybridized carbons (Fsp3) is 0. The van der Waals surface area contributed by atoms with Gasteiger partial charge in [-0.25, -0.2) is 0 Å². The van der Waals surface area contributed by atoms with Gasteiger partial charge in [0.25, 0.3) is 0 Å². The van der Waals surface area contributed by atoms with Crippen LogP contribution >= 0.6 is 0 Å². The highest BCUT2D eigenvalue weighted by Gasteiger charge is 2.05. The molecule has 0 aliphatic rings. The van der Waals surface area contributed by atoms with Crippen LogP contribution in [0.2, 0.25) is 0 Å². The molecule has 1 N–H and O–H groups in total. The number of nitrogens with zero attached hydrogens (tertiary/aromatic N) is 3. The summed E-state index contributed by atoms with van der Waals surface area (Å²) in [6.07, 6.45) is 0.664. The van der Waals surface area contributed by atoms with E-state index in [9.17, 15) is 4.79 Å². The van der Waals surface area contributed by atoms with Crippen molar-refractivity contribution in [2.45, 2.75) is 0 Å². The lowest BCUT2D eigenvalue weighted by Crippen LogP contribution is -1.86. The fourth-order valence-corrected chi connectivity index (χ4v) is 1.56. The summed E-state index contributed by atoms with van der Waals surface area (Å²) in [7, 11) is 0. The van der Waals surface area contributed by atoms with Gasteiger partial charge in [0.2, 0.25) is 0 Å². The van der Waals surface area contributed by atoms with Gasteiger partial charge in [-0.05, 0) is 41.6 Å². The number of carbonyl (C=O) groups is 1. The second kappa shape index (κ2) is 4.73. The second-order valence-corrected chi connectivity index (χ2v) is 3.64. The van der Waals surface area contributed by atoms with E-state index in [1.54, 1.807) is 24.3 Å². The van der Waals surface area contributed by atoms with E-state index < -0.39 is 0 Å². The summed E-state index contributed by atoms with van der Waals surface area (Å²) >= 11 is 0. The third-order valence-electron chi connectivity index (χ3n) is 2.42. The highest BCUT2D eigenvalue weighted by atomic mass is 16.5. The quantitative estimate of drug-likeness (QED) is 0.718. The smallest absolute Gasteiger partial charge is 0.361 e. The van der Waals surface area contributed by atoms with E-state index in [1.807, 2.05) is 12.1 Å². The summed E-state index contributed by atoms with van der Waals surface area (Å²) < 4.78 is 10.6. The molecule has 7 heteroatoms. The third-order valence-corrected chi connectivity index (χ3v) is 2.42. The molecule has 0 aliphatic heterocycles. The van der Waals surface area contributed by atoms with Crippen molar-refractivity contribution in [1.29, 1.82) is 0 Å². The van der Waals surface area contributed by atoms with E-state index in [1.165, 1.54) is 0 Å². The molecule has 3 rings (SSSR count). The minimum absolute atomic E-state index is 0.147.